The molecule has 0 atom stereocenters. The molecule has 0 aliphatic rings. The van der Waals surface area contributed by atoms with Gasteiger partial charge in [0.2, 0.25) is 0 Å². The first-order valence-electron chi connectivity index (χ1n) is 7.13. The highest BCUT2D eigenvalue weighted by Gasteiger charge is 2.38. The van der Waals surface area contributed by atoms with Crippen molar-refractivity contribution < 1.29 is 37.7 Å². The molecule has 4 N–H and O–H groups in total. The number of methoxy groups -OCH3 is 1. The zero-order valence-corrected chi connectivity index (χ0v) is 13.8. The number of aryl methyl sites for hydroxylation is 1. The third-order valence-electron chi connectivity index (χ3n) is 2.96. The Kier molecular flexibility index (Phi) is 9.54. The Morgan fingerprint density at radius 3 is 2.20 bits per heavy atom. The second-order valence-corrected chi connectivity index (χ2v) is 4.79. The summed E-state index contributed by atoms with van der Waals surface area (Å²) in [7, 11) is 1.59. The number of carbonyl (C=O) groups is 2. The van der Waals surface area contributed by atoms with Gasteiger partial charge in [-0.05, 0) is 30.7 Å². The number of aliphatic hydroxyl groups is 1. The van der Waals surface area contributed by atoms with E-state index in [9.17, 15) is 18.0 Å². The zero-order chi connectivity index (χ0) is 19.6. The number of ether oxygens (including phenoxy) is 1. The van der Waals surface area contributed by atoms with Gasteiger partial charge in [0, 0.05) is 25.2 Å². The second kappa shape index (κ2) is 10.5. The van der Waals surface area contributed by atoms with Crippen molar-refractivity contribution in [1.29, 1.82) is 0 Å². The predicted molar refractivity (Wildman–Crippen MR) is 83.5 cm³/mol. The molecule has 0 radical (unpaired) electrons. The SMILES string of the molecule is COc1ccc(C(=O)N(CCN)CCO)c(C)c1.O=C(O)C(F)(F)F. The first-order chi connectivity index (χ1) is 11.6. The molecule has 0 bridgehead atoms. The molecule has 0 heterocycles. The summed E-state index contributed by atoms with van der Waals surface area (Å²) >= 11 is 0. The number of halogens is 3. The number of aliphatic carboxylic acids is 1. The largest absolute Gasteiger partial charge is 0.497 e. The molecule has 142 valence electrons. The lowest BCUT2D eigenvalue weighted by Gasteiger charge is -2.22. The smallest absolute Gasteiger partial charge is 0.490 e. The van der Waals surface area contributed by atoms with Crippen molar-refractivity contribution >= 4 is 11.9 Å². The minimum absolute atomic E-state index is 0.0685. The number of carbonyl (C=O) groups excluding carboxylic acids is 1. The van der Waals surface area contributed by atoms with Crippen LogP contribution in [0.1, 0.15) is 15.9 Å². The summed E-state index contributed by atoms with van der Waals surface area (Å²) in [6.07, 6.45) is -5.08. The van der Waals surface area contributed by atoms with E-state index in [4.69, 9.17) is 25.5 Å². The molecular formula is C15H21F3N2O5. The number of alkyl halides is 3. The van der Waals surface area contributed by atoms with Crippen LogP contribution in [0, 0.1) is 6.92 Å². The Morgan fingerprint density at radius 2 is 1.84 bits per heavy atom. The maximum atomic E-state index is 12.3. The number of amides is 1. The molecule has 7 nitrogen and oxygen atoms in total. The Morgan fingerprint density at radius 1 is 1.28 bits per heavy atom. The molecule has 1 aromatic rings. The highest BCUT2D eigenvalue weighted by molar-refractivity contribution is 5.95. The number of carboxylic acids is 1. The molecule has 25 heavy (non-hydrogen) atoms. The summed E-state index contributed by atoms with van der Waals surface area (Å²) in [5.41, 5.74) is 6.92. The predicted octanol–water partition coefficient (Wildman–Crippen LogP) is 1.03. The summed E-state index contributed by atoms with van der Waals surface area (Å²) in [5, 5.41) is 16.1. The van der Waals surface area contributed by atoms with Crippen LogP contribution in [0.5, 0.6) is 5.75 Å². The average molecular weight is 366 g/mol. The van der Waals surface area contributed by atoms with Gasteiger partial charge in [-0.3, -0.25) is 4.79 Å². The van der Waals surface area contributed by atoms with Gasteiger partial charge in [0.1, 0.15) is 5.75 Å². The number of aliphatic hydroxyl groups excluding tert-OH is 1. The van der Waals surface area contributed by atoms with Crippen molar-refractivity contribution in [3.63, 3.8) is 0 Å². The number of nitrogens with two attached hydrogens (primary N) is 1. The van der Waals surface area contributed by atoms with Gasteiger partial charge in [0.25, 0.3) is 5.91 Å². The Balaban J connectivity index is 0.000000697. The van der Waals surface area contributed by atoms with Crippen LogP contribution in [-0.4, -0.2) is 66.5 Å². The van der Waals surface area contributed by atoms with Gasteiger partial charge in [-0.2, -0.15) is 13.2 Å². The van der Waals surface area contributed by atoms with Crippen molar-refractivity contribution in [3.8, 4) is 5.75 Å². The molecule has 1 aromatic carbocycles. The van der Waals surface area contributed by atoms with Gasteiger partial charge in [-0.1, -0.05) is 0 Å². The fourth-order valence-corrected chi connectivity index (χ4v) is 1.76. The first-order valence-corrected chi connectivity index (χ1v) is 7.13. The van der Waals surface area contributed by atoms with Gasteiger partial charge < -0.3 is 25.6 Å². The summed E-state index contributed by atoms with van der Waals surface area (Å²) in [4.78, 5) is 22.7. The van der Waals surface area contributed by atoms with Crippen LogP contribution in [0.25, 0.3) is 0 Å². The molecular weight excluding hydrogens is 345 g/mol. The van der Waals surface area contributed by atoms with Gasteiger partial charge >= 0.3 is 12.1 Å². The van der Waals surface area contributed by atoms with E-state index in [2.05, 4.69) is 0 Å². The maximum absolute atomic E-state index is 12.3. The van der Waals surface area contributed by atoms with Crippen LogP contribution < -0.4 is 10.5 Å². The topological polar surface area (TPSA) is 113 Å². The first kappa shape index (κ1) is 22.7. The minimum Gasteiger partial charge on any atom is -0.497 e. The van der Waals surface area contributed by atoms with Crippen molar-refractivity contribution in [2.24, 2.45) is 5.73 Å². The van der Waals surface area contributed by atoms with Crippen LogP contribution in [0.3, 0.4) is 0 Å². The van der Waals surface area contributed by atoms with E-state index in [1.54, 1.807) is 24.1 Å². The van der Waals surface area contributed by atoms with Crippen molar-refractivity contribution in [2.45, 2.75) is 13.1 Å². The van der Waals surface area contributed by atoms with E-state index in [-0.39, 0.29) is 12.5 Å². The summed E-state index contributed by atoms with van der Waals surface area (Å²) in [6.45, 7) is 2.89. The number of carboxylic acid groups (broad SMARTS) is 1. The van der Waals surface area contributed by atoms with E-state index in [0.717, 1.165) is 11.3 Å². The van der Waals surface area contributed by atoms with Crippen LogP contribution >= 0.6 is 0 Å². The van der Waals surface area contributed by atoms with E-state index < -0.39 is 12.1 Å². The Labute approximate surface area is 142 Å². The van der Waals surface area contributed by atoms with Gasteiger partial charge in [0.05, 0.1) is 13.7 Å². The fourth-order valence-electron chi connectivity index (χ4n) is 1.76. The van der Waals surface area contributed by atoms with Crippen LogP contribution in [-0.2, 0) is 4.79 Å². The maximum Gasteiger partial charge on any atom is 0.490 e. The number of hydrogen-bond acceptors (Lipinski definition) is 5. The van der Waals surface area contributed by atoms with E-state index in [1.165, 1.54) is 0 Å². The normalized spacial score (nSPS) is 10.5. The third kappa shape index (κ3) is 7.86. The second-order valence-electron chi connectivity index (χ2n) is 4.79. The van der Waals surface area contributed by atoms with Gasteiger partial charge in [-0.25, -0.2) is 4.79 Å². The fraction of sp³-hybridized carbons (Fsp3) is 0.467. The molecule has 10 heteroatoms. The lowest BCUT2D eigenvalue weighted by atomic mass is 10.1. The average Bonchev–Trinajstić information content (AvgIpc) is 2.53. The zero-order valence-electron chi connectivity index (χ0n) is 13.8. The molecule has 1 amide bonds. The molecule has 0 aliphatic heterocycles. The quantitative estimate of drug-likeness (QED) is 0.693. The monoisotopic (exact) mass is 366 g/mol. The molecule has 0 saturated heterocycles. The molecule has 0 unspecified atom stereocenters. The number of benzene rings is 1. The highest BCUT2D eigenvalue weighted by atomic mass is 19.4. The van der Waals surface area contributed by atoms with Gasteiger partial charge in [-0.15, -0.1) is 0 Å². The lowest BCUT2D eigenvalue weighted by Crippen LogP contribution is -2.37. The summed E-state index contributed by atoms with van der Waals surface area (Å²) < 4.78 is 36.8. The summed E-state index contributed by atoms with van der Waals surface area (Å²) in [6, 6.07) is 5.30. The molecule has 0 saturated carbocycles. The lowest BCUT2D eigenvalue weighted by molar-refractivity contribution is -0.192. The Hall–Kier alpha value is -2.33. The van der Waals surface area contributed by atoms with Crippen LogP contribution in [0.4, 0.5) is 13.2 Å². The van der Waals surface area contributed by atoms with Crippen molar-refractivity contribution in [1.82, 2.24) is 4.90 Å². The van der Waals surface area contributed by atoms with E-state index in [0.29, 0.717) is 25.2 Å². The molecule has 0 aromatic heterocycles. The molecule has 0 spiro atoms. The Bertz CT molecular complexity index is 573. The van der Waals surface area contributed by atoms with Crippen LogP contribution in [0.15, 0.2) is 18.2 Å². The number of nitrogens with zero attached hydrogens (tertiary/aromatic N) is 1. The standard InChI is InChI=1S/C13H20N2O3.C2HF3O2/c1-10-9-11(18-2)3-4-12(10)13(17)15(6-5-14)7-8-16;3-2(4,5)1(6)7/h3-4,9,16H,5-8,14H2,1-2H3;(H,6,7). The van der Waals surface area contributed by atoms with Crippen molar-refractivity contribution in [3.05, 3.63) is 29.3 Å². The number of rotatable bonds is 6. The van der Waals surface area contributed by atoms with Crippen molar-refractivity contribution in [2.75, 3.05) is 33.4 Å². The molecule has 0 aliphatic carbocycles. The molecule has 1 rings (SSSR count). The van der Waals surface area contributed by atoms with E-state index >= 15 is 0 Å². The highest BCUT2D eigenvalue weighted by Crippen LogP contribution is 2.18. The van der Waals surface area contributed by atoms with E-state index in [1.807, 2.05) is 13.0 Å². The summed E-state index contributed by atoms with van der Waals surface area (Å²) in [5.74, 6) is -2.15. The van der Waals surface area contributed by atoms with Crippen LogP contribution in [0.2, 0.25) is 0 Å². The van der Waals surface area contributed by atoms with Gasteiger partial charge in [0.15, 0.2) is 0 Å². The molecule has 0 fully saturated rings. The number of hydrogen-bond donors (Lipinski definition) is 3. The minimum atomic E-state index is -5.08. The third-order valence-corrected chi connectivity index (χ3v) is 2.96.